The summed E-state index contributed by atoms with van der Waals surface area (Å²) in [5, 5.41) is 12.1. The van der Waals surface area contributed by atoms with Crippen LogP contribution in [0.5, 0.6) is 0 Å². The summed E-state index contributed by atoms with van der Waals surface area (Å²) in [6.45, 7) is 1.72. The van der Waals surface area contributed by atoms with E-state index in [4.69, 9.17) is 10.8 Å². The maximum atomic E-state index is 10.8. The smallest absolute Gasteiger partial charge is 0.308 e. The Labute approximate surface area is 88.1 Å². The molecule has 0 bridgehead atoms. The van der Waals surface area contributed by atoms with Crippen LogP contribution in [-0.4, -0.2) is 17.1 Å². The predicted octanol–water partition coefficient (Wildman–Crippen LogP) is 1.33. The first-order valence-electron chi connectivity index (χ1n) is 4.95. The number of nitrogens with one attached hydrogen (secondary N) is 1. The molecule has 0 spiro atoms. The molecule has 0 fully saturated rings. The lowest BCUT2D eigenvalue weighted by molar-refractivity contribution is -0.141. The molecule has 80 valence electrons. The summed E-state index contributed by atoms with van der Waals surface area (Å²) in [5.41, 5.74) is 8.50. The van der Waals surface area contributed by atoms with Crippen LogP contribution >= 0.6 is 0 Å². The molecule has 15 heavy (non-hydrogen) atoms. The lowest BCUT2D eigenvalue weighted by atomic mass is 9.99. The molecule has 1 aliphatic heterocycles. The molecule has 4 N–H and O–H groups in total. The maximum Gasteiger partial charge on any atom is 0.308 e. The molecular weight excluding hydrogens is 192 g/mol. The number of benzene rings is 1. The minimum absolute atomic E-state index is 0.0284. The van der Waals surface area contributed by atoms with Gasteiger partial charge in [-0.05, 0) is 37.1 Å². The molecular formula is C11H14N2O2. The molecule has 2 atom stereocenters. The van der Waals surface area contributed by atoms with E-state index in [-0.39, 0.29) is 6.04 Å². The van der Waals surface area contributed by atoms with Gasteiger partial charge in [0.2, 0.25) is 0 Å². The Hall–Kier alpha value is -1.71. The first-order valence-corrected chi connectivity index (χ1v) is 4.95. The summed E-state index contributed by atoms with van der Waals surface area (Å²) in [6.07, 6.45) is 0.730. The van der Waals surface area contributed by atoms with E-state index >= 15 is 0 Å². The molecule has 1 aromatic rings. The van der Waals surface area contributed by atoms with Gasteiger partial charge in [-0.3, -0.25) is 4.79 Å². The standard InChI is InChI=1S/C11H14N2O2/c1-6(11(14)15)10-5-7-4-8(12)2-3-9(7)13-10/h2-4,6,10,13H,5,12H2,1H3,(H,14,15). The van der Waals surface area contributed by atoms with E-state index in [1.165, 1.54) is 0 Å². The van der Waals surface area contributed by atoms with Crippen molar-refractivity contribution in [3.8, 4) is 0 Å². The highest BCUT2D eigenvalue weighted by atomic mass is 16.4. The Morgan fingerprint density at radius 1 is 1.67 bits per heavy atom. The van der Waals surface area contributed by atoms with Gasteiger partial charge in [-0.25, -0.2) is 0 Å². The molecule has 2 unspecified atom stereocenters. The lowest BCUT2D eigenvalue weighted by Gasteiger charge is -2.15. The summed E-state index contributed by atoms with van der Waals surface area (Å²) >= 11 is 0. The fraction of sp³-hybridized carbons (Fsp3) is 0.364. The number of rotatable bonds is 2. The second-order valence-corrected chi connectivity index (χ2v) is 4.00. The Balaban J connectivity index is 2.19. The highest BCUT2D eigenvalue weighted by Gasteiger charge is 2.29. The van der Waals surface area contributed by atoms with E-state index in [9.17, 15) is 4.79 Å². The van der Waals surface area contributed by atoms with Gasteiger partial charge in [0.15, 0.2) is 0 Å². The third kappa shape index (κ3) is 1.75. The summed E-state index contributed by atoms with van der Waals surface area (Å²) in [5.74, 6) is -1.16. The van der Waals surface area contributed by atoms with E-state index in [0.717, 1.165) is 23.4 Å². The normalized spacial score (nSPS) is 20.5. The Bertz CT molecular complexity index is 404. The molecule has 0 aliphatic carbocycles. The van der Waals surface area contributed by atoms with Crippen molar-refractivity contribution >= 4 is 17.3 Å². The highest BCUT2D eigenvalue weighted by Crippen LogP contribution is 2.30. The Morgan fingerprint density at radius 2 is 2.40 bits per heavy atom. The van der Waals surface area contributed by atoms with E-state index in [0.29, 0.717) is 0 Å². The number of carboxylic acids is 1. The van der Waals surface area contributed by atoms with Crippen molar-refractivity contribution in [3.05, 3.63) is 23.8 Å². The second-order valence-electron chi connectivity index (χ2n) is 4.00. The van der Waals surface area contributed by atoms with Crippen molar-refractivity contribution in [2.45, 2.75) is 19.4 Å². The number of hydrogen-bond donors (Lipinski definition) is 3. The van der Waals surface area contributed by atoms with Crippen molar-refractivity contribution < 1.29 is 9.90 Å². The van der Waals surface area contributed by atoms with Crippen LogP contribution in [0.2, 0.25) is 0 Å². The minimum atomic E-state index is -0.770. The largest absolute Gasteiger partial charge is 0.481 e. The van der Waals surface area contributed by atoms with Gasteiger partial charge in [-0.15, -0.1) is 0 Å². The average molecular weight is 206 g/mol. The topological polar surface area (TPSA) is 75.3 Å². The number of aliphatic carboxylic acids is 1. The van der Waals surface area contributed by atoms with Gasteiger partial charge in [0.1, 0.15) is 0 Å². The van der Waals surface area contributed by atoms with Gasteiger partial charge in [0.05, 0.1) is 5.92 Å². The van der Waals surface area contributed by atoms with Gasteiger partial charge in [-0.1, -0.05) is 0 Å². The van der Waals surface area contributed by atoms with Crippen LogP contribution in [0.1, 0.15) is 12.5 Å². The van der Waals surface area contributed by atoms with Crippen LogP contribution in [0.3, 0.4) is 0 Å². The number of anilines is 2. The van der Waals surface area contributed by atoms with E-state index in [2.05, 4.69) is 5.32 Å². The van der Waals surface area contributed by atoms with Crippen molar-refractivity contribution in [3.63, 3.8) is 0 Å². The van der Waals surface area contributed by atoms with Crippen LogP contribution in [0, 0.1) is 5.92 Å². The van der Waals surface area contributed by atoms with E-state index < -0.39 is 11.9 Å². The molecule has 0 amide bonds. The predicted molar refractivity (Wildman–Crippen MR) is 58.8 cm³/mol. The first kappa shape index (κ1) is 9.83. The second kappa shape index (κ2) is 3.46. The zero-order chi connectivity index (χ0) is 11.0. The summed E-state index contributed by atoms with van der Waals surface area (Å²) in [4.78, 5) is 10.8. The number of nitrogen functional groups attached to an aromatic ring is 1. The molecule has 4 nitrogen and oxygen atoms in total. The third-order valence-corrected chi connectivity index (χ3v) is 2.90. The van der Waals surface area contributed by atoms with Gasteiger partial charge < -0.3 is 16.2 Å². The van der Waals surface area contributed by atoms with Crippen LogP contribution in [0.4, 0.5) is 11.4 Å². The SMILES string of the molecule is CC(C(=O)O)C1Cc2cc(N)ccc2N1. The summed E-state index contributed by atoms with van der Waals surface area (Å²) in [6, 6.07) is 5.59. The van der Waals surface area contributed by atoms with Crippen molar-refractivity contribution in [1.29, 1.82) is 0 Å². The molecule has 0 radical (unpaired) electrons. The summed E-state index contributed by atoms with van der Waals surface area (Å²) < 4.78 is 0. The van der Waals surface area contributed by atoms with Crippen molar-refractivity contribution in [2.24, 2.45) is 5.92 Å². The number of hydrogen-bond acceptors (Lipinski definition) is 3. The number of carbonyl (C=O) groups is 1. The van der Waals surface area contributed by atoms with Gasteiger partial charge in [-0.2, -0.15) is 0 Å². The first-order chi connectivity index (χ1) is 7.08. The van der Waals surface area contributed by atoms with Crippen molar-refractivity contribution in [2.75, 3.05) is 11.1 Å². The van der Waals surface area contributed by atoms with Crippen LogP contribution < -0.4 is 11.1 Å². The van der Waals surface area contributed by atoms with Crippen LogP contribution in [0.25, 0.3) is 0 Å². The third-order valence-electron chi connectivity index (χ3n) is 2.90. The monoisotopic (exact) mass is 206 g/mol. The number of nitrogens with two attached hydrogens (primary N) is 1. The molecule has 0 saturated heterocycles. The van der Waals surface area contributed by atoms with Gasteiger partial charge >= 0.3 is 5.97 Å². The molecule has 0 aromatic heterocycles. The quantitative estimate of drug-likeness (QED) is 0.638. The maximum absolute atomic E-state index is 10.8. The average Bonchev–Trinajstić information content (AvgIpc) is 2.58. The number of carboxylic acid groups (broad SMARTS) is 1. The van der Waals surface area contributed by atoms with Crippen LogP contribution in [-0.2, 0) is 11.2 Å². The fourth-order valence-corrected chi connectivity index (χ4v) is 1.88. The zero-order valence-electron chi connectivity index (χ0n) is 8.53. The molecule has 1 heterocycles. The lowest BCUT2D eigenvalue weighted by Crippen LogP contribution is -2.30. The molecule has 0 saturated carbocycles. The molecule has 1 aromatic carbocycles. The number of fused-ring (bicyclic) bond motifs is 1. The fourth-order valence-electron chi connectivity index (χ4n) is 1.88. The van der Waals surface area contributed by atoms with Gasteiger partial charge in [0, 0.05) is 17.4 Å². The minimum Gasteiger partial charge on any atom is -0.481 e. The van der Waals surface area contributed by atoms with Gasteiger partial charge in [0.25, 0.3) is 0 Å². The molecule has 4 heteroatoms. The van der Waals surface area contributed by atoms with Crippen molar-refractivity contribution in [1.82, 2.24) is 0 Å². The zero-order valence-corrected chi connectivity index (χ0v) is 8.53. The Morgan fingerprint density at radius 3 is 3.07 bits per heavy atom. The van der Waals surface area contributed by atoms with E-state index in [1.807, 2.05) is 18.2 Å². The molecule has 2 rings (SSSR count). The summed E-state index contributed by atoms with van der Waals surface area (Å²) in [7, 11) is 0. The molecule has 1 aliphatic rings. The van der Waals surface area contributed by atoms with E-state index in [1.54, 1.807) is 6.92 Å². The van der Waals surface area contributed by atoms with Crippen LogP contribution in [0.15, 0.2) is 18.2 Å². The Kier molecular flexibility index (Phi) is 2.26. The highest BCUT2D eigenvalue weighted by molar-refractivity contribution is 5.73.